The van der Waals surface area contributed by atoms with Gasteiger partial charge in [0.15, 0.2) is 5.82 Å². The zero-order valence-electron chi connectivity index (χ0n) is 18.8. The maximum Gasteiger partial charge on any atom is 0.343 e. The van der Waals surface area contributed by atoms with Gasteiger partial charge in [-0.1, -0.05) is 10.8 Å². The zero-order chi connectivity index (χ0) is 24.1. The number of ether oxygens (including phenoxy) is 1. The second-order valence-corrected chi connectivity index (χ2v) is 9.57. The molecular weight excluding hydrogens is 691 g/mol. The van der Waals surface area contributed by atoms with Gasteiger partial charge in [0.25, 0.3) is 0 Å². The Bertz CT molecular complexity index is 1460. The van der Waals surface area contributed by atoms with Crippen LogP contribution in [0.25, 0.3) is 37.5 Å². The third-order valence-corrected chi connectivity index (χ3v) is 7.53. The molecular formula is C23H20AcF2N5O3S-. The Morgan fingerprint density at radius 3 is 2.74 bits per heavy atom. The summed E-state index contributed by atoms with van der Waals surface area (Å²) in [6.45, 7) is 1.63. The number of pyridine rings is 1. The fourth-order valence-corrected chi connectivity index (χ4v) is 5.88. The molecule has 1 N–H and O–H groups in total. The van der Waals surface area contributed by atoms with E-state index in [1.165, 1.54) is 22.1 Å². The molecule has 1 aromatic carbocycles. The molecule has 2 aliphatic carbocycles. The number of aromatic nitrogens is 1. The molecule has 3 aromatic rings. The van der Waals surface area contributed by atoms with Gasteiger partial charge in [0, 0.05) is 76.4 Å². The molecule has 2 aromatic heterocycles. The number of rotatable bonds is 5. The third kappa shape index (κ3) is 4.39. The van der Waals surface area contributed by atoms with Gasteiger partial charge in [-0.3, -0.25) is 4.79 Å². The monoisotopic (exact) mass is 711 g/mol. The fourth-order valence-electron chi connectivity index (χ4n) is 4.59. The number of nitrogens with one attached hydrogen (secondary N) is 1. The molecule has 1 saturated carbocycles. The summed E-state index contributed by atoms with van der Waals surface area (Å²) >= 11 is 1.20. The predicted molar refractivity (Wildman–Crippen MR) is 124 cm³/mol. The van der Waals surface area contributed by atoms with Crippen LogP contribution in [0.4, 0.5) is 14.5 Å². The minimum Gasteiger partial charge on any atom is -0.696 e. The first-order chi connectivity index (χ1) is 16.4. The van der Waals surface area contributed by atoms with Crippen molar-refractivity contribution in [2.45, 2.75) is 51.1 Å². The number of nitrogens with zero attached hydrogens (tertiary/aromatic N) is 4. The van der Waals surface area contributed by atoms with Gasteiger partial charge in [-0.15, -0.1) is 11.3 Å². The number of aryl methyl sites for hydroxylation is 1. The van der Waals surface area contributed by atoms with Gasteiger partial charge in [-0.05, 0) is 56.2 Å². The molecule has 179 valence electrons. The minimum atomic E-state index is -1.16. The molecule has 0 spiro atoms. The third-order valence-electron chi connectivity index (χ3n) is 6.31. The SMILES string of the molecule is CCOC(=O)c1cn(C2CC2)c2c(F)c(-c3cc4c(s3)CCCC4N=[N+]=[N-])c(F)c([NH-])c2c1=O.[Ac]. The number of esters is 1. The number of halogens is 2. The Morgan fingerprint density at radius 2 is 2.09 bits per heavy atom. The van der Waals surface area contributed by atoms with E-state index < -0.39 is 40.1 Å². The summed E-state index contributed by atoms with van der Waals surface area (Å²) < 4.78 is 38.0. The van der Waals surface area contributed by atoms with E-state index in [9.17, 15) is 9.59 Å². The summed E-state index contributed by atoms with van der Waals surface area (Å²) in [4.78, 5) is 29.5. The summed E-state index contributed by atoms with van der Waals surface area (Å²) in [5, 5.41) is 3.35. The normalized spacial score (nSPS) is 16.8. The van der Waals surface area contributed by atoms with Crippen molar-refractivity contribution in [1.82, 2.24) is 4.57 Å². The zero-order valence-corrected chi connectivity index (χ0v) is 24.4. The number of fused-ring (bicyclic) bond motifs is 2. The predicted octanol–water partition coefficient (Wildman–Crippen LogP) is 6.89. The number of hydrogen-bond acceptors (Lipinski definition) is 5. The number of benzene rings is 1. The van der Waals surface area contributed by atoms with Crippen LogP contribution in [0, 0.1) is 55.7 Å². The Morgan fingerprint density at radius 1 is 1.34 bits per heavy atom. The molecule has 0 bridgehead atoms. The number of hydrogen-bond donors (Lipinski definition) is 0. The first kappa shape index (κ1) is 26.1. The maximum atomic E-state index is 16.0. The van der Waals surface area contributed by atoms with Crippen LogP contribution < -0.4 is 5.43 Å². The van der Waals surface area contributed by atoms with Gasteiger partial charge in [-0.25, -0.2) is 13.6 Å². The second-order valence-electron chi connectivity index (χ2n) is 8.43. The molecule has 0 saturated heterocycles. The van der Waals surface area contributed by atoms with Gasteiger partial charge in [0.1, 0.15) is 11.4 Å². The van der Waals surface area contributed by atoms with Crippen molar-refractivity contribution in [2.75, 3.05) is 6.61 Å². The smallest absolute Gasteiger partial charge is 0.343 e. The van der Waals surface area contributed by atoms with E-state index in [2.05, 4.69) is 10.0 Å². The van der Waals surface area contributed by atoms with Gasteiger partial charge in [-0.2, -0.15) is 0 Å². The van der Waals surface area contributed by atoms with Gasteiger partial charge in [0.2, 0.25) is 5.43 Å². The molecule has 5 rings (SSSR count). The van der Waals surface area contributed by atoms with Crippen LogP contribution in [0.2, 0.25) is 0 Å². The Kier molecular flexibility index (Phi) is 7.58. The van der Waals surface area contributed by atoms with E-state index in [1.807, 2.05) is 0 Å². The van der Waals surface area contributed by atoms with Crippen LogP contribution in [-0.4, -0.2) is 17.1 Å². The van der Waals surface area contributed by atoms with Crippen LogP contribution in [-0.2, 0) is 11.2 Å². The molecule has 35 heavy (non-hydrogen) atoms. The largest absolute Gasteiger partial charge is 0.696 e. The number of thiophene rings is 1. The number of azide groups is 1. The molecule has 1 radical (unpaired) electrons. The van der Waals surface area contributed by atoms with Crippen LogP contribution in [0.1, 0.15) is 65.5 Å². The van der Waals surface area contributed by atoms with Crippen LogP contribution in [0.15, 0.2) is 22.2 Å². The number of carbonyl (C=O) groups is 1. The first-order valence-electron chi connectivity index (χ1n) is 11.0. The maximum absolute atomic E-state index is 16.0. The van der Waals surface area contributed by atoms with Crippen LogP contribution in [0.5, 0.6) is 0 Å². The average molecular weight is 712 g/mol. The Balaban J connectivity index is 0.00000289. The van der Waals surface area contributed by atoms with Crippen molar-refractivity contribution in [1.29, 1.82) is 0 Å². The van der Waals surface area contributed by atoms with E-state index in [0.29, 0.717) is 25.7 Å². The van der Waals surface area contributed by atoms with Gasteiger partial charge in [0.05, 0.1) is 23.7 Å². The average Bonchev–Trinajstić information content (AvgIpc) is 3.56. The number of carbonyl (C=O) groups excluding carboxylic acids is 1. The molecule has 2 heterocycles. The topological polar surface area (TPSA) is 121 Å². The van der Waals surface area contributed by atoms with Crippen molar-refractivity contribution in [3.63, 3.8) is 0 Å². The summed E-state index contributed by atoms with van der Waals surface area (Å²) in [6, 6.07) is 1.06. The second kappa shape index (κ2) is 10.2. The molecule has 2 aliphatic rings. The molecule has 1 unspecified atom stereocenters. The van der Waals surface area contributed by atoms with E-state index in [4.69, 9.17) is 16.0 Å². The van der Waals surface area contributed by atoms with Gasteiger partial charge < -0.3 is 15.0 Å². The summed E-state index contributed by atoms with van der Waals surface area (Å²) in [7, 11) is 0. The Hall–Kier alpha value is -1.99. The summed E-state index contributed by atoms with van der Waals surface area (Å²) in [6.07, 6.45) is 4.83. The van der Waals surface area contributed by atoms with Crippen molar-refractivity contribution in [3.05, 3.63) is 66.3 Å². The molecule has 0 aliphatic heterocycles. The molecule has 1 atom stereocenters. The summed E-state index contributed by atoms with van der Waals surface area (Å²) in [5.74, 6) is -2.99. The van der Waals surface area contributed by atoms with E-state index in [-0.39, 0.29) is 78.2 Å². The fraction of sp³-hybridized carbons (Fsp3) is 0.391. The Labute approximate surface area is 238 Å². The van der Waals surface area contributed by atoms with Crippen LogP contribution >= 0.6 is 11.3 Å². The molecule has 0 amide bonds. The standard InChI is InChI=1S/C23H21F2N5O3S.Ac/c1-2-33-23(32)12-9-30(10-6-7-10)21-17(22(12)31)20(26)18(24)16(19(21)25)15-8-11-13(28-29-27)4-3-5-14(11)34-15;/h8-10,13H,2-7H2,1H3,(H2,26,31);/p-1. The van der Waals surface area contributed by atoms with Crippen molar-refractivity contribution < 1.29 is 62.4 Å². The van der Waals surface area contributed by atoms with E-state index in [0.717, 1.165) is 16.9 Å². The van der Waals surface area contributed by atoms with Gasteiger partial charge >= 0.3 is 5.97 Å². The first-order valence-corrected chi connectivity index (χ1v) is 11.8. The van der Waals surface area contributed by atoms with Crippen molar-refractivity contribution in [2.24, 2.45) is 5.11 Å². The van der Waals surface area contributed by atoms with Crippen molar-refractivity contribution >= 4 is 33.9 Å². The van der Waals surface area contributed by atoms with E-state index in [1.54, 1.807) is 13.0 Å². The molecule has 8 nitrogen and oxygen atoms in total. The van der Waals surface area contributed by atoms with Crippen LogP contribution in [0.3, 0.4) is 0 Å². The molecule has 12 heteroatoms. The van der Waals surface area contributed by atoms with E-state index >= 15 is 8.78 Å². The quantitative estimate of drug-likeness (QED) is 0.124. The summed E-state index contributed by atoms with van der Waals surface area (Å²) in [5.41, 5.74) is 15.4. The minimum absolute atomic E-state index is 0. The molecule has 1 fully saturated rings. The van der Waals surface area contributed by atoms with Crippen molar-refractivity contribution in [3.8, 4) is 10.4 Å².